The van der Waals surface area contributed by atoms with Crippen LogP contribution in [0.25, 0.3) is 5.57 Å². The zero-order chi connectivity index (χ0) is 29.8. The van der Waals surface area contributed by atoms with E-state index in [1.165, 1.54) is 17.7 Å². The predicted octanol–water partition coefficient (Wildman–Crippen LogP) is 4.21. The van der Waals surface area contributed by atoms with Crippen molar-refractivity contribution in [3.8, 4) is 0 Å². The molecule has 2 aliphatic rings. The lowest BCUT2D eigenvalue weighted by atomic mass is 10.00. The van der Waals surface area contributed by atoms with Crippen molar-refractivity contribution in [3.63, 3.8) is 0 Å². The van der Waals surface area contributed by atoms with Gasteiger partial charge in [0, 0.05) is 26.1 Å². The van der Waals surface area contributed by atoms with Crippen LogP contribution in [0.4, 0.5) is 8.78 Å². The number of amides is 3. The summed E-state index contributed by atoms with van der Waals surface area (Å²) in [7, 11) is 0. The second-order valence-corrected chi connectivity index (χ2v) is 10.5. The standard InChI is InChI=1S/C31H42F2N4O4/c1-4-26(33)30(22(2)32)25-12-10-24(11-13-25)23(3)35-31(40)27-9-7-18-37(27)29(39)21-34-28(38)14-20-41-19-8-17-36-15-5-6-16-36/h4,10-13,23,27H,1-2,5-9,14-21H2,3H3,(H,34,38)(H,35,40)/b30-26-. The van der Waals surface area contributed by atoms with Gasteiger partial charge < -0.3 is 25.2 Å². The Hall–Kier alpha value is -3.37. The number of hydrogen-bond acceptors (Lipinski definition) is 5. The molecule has 2 saturated heterocycles. The Balaban J connectivity index is 1.41. The van der Waals surface area contributed by atoms with Gasteiger partial charge >= 0.3 is 0 Å². The molecule has 224 valence electrons. The maximum absolute atomic E-state index is 14.0. The molecule has 2 aliphatic heterocycles. The van der Waals surface area contributed by atoms with Gasteiger partial charge in [0.25, 0.3) is 0 Å². The zero-order valence-corrected chi connectivity index (χ0v) is 23.9. The highest BCUT2D eigenvalue weighted by molar-refractivity contribution is 5.91. The van der Waals surface area contributed by atoms with Crippen LogP contribution in [0.3, 0.4) is 0 Å². The van der Waals surface area contributed by atoms with Gasteiger partial charge in [-0.3, -0.25) is 14.4 Å². The van der Waals surface area contributed by atoms with Crippen LogP contribution in [0.2, 0.25) is 0 Å². The van der Waals surface area contributed by atoms with Gasteiger partial charge in [-0.15, -0.1) is 0 Å². The SMILES string of the molecule is C=C/C(F)=C(\C(=C)F)c1ccc(C(C)NC(=O)C2CCCN2C(=O)CNC(=O)CCOCCCN2CCCC2)cc1. The Morgan fingerprint density at radius 2 is 1.80 bits per heavy atom. The van der Waals surface area contributed by atoms with Crippen molar-refractivity contribution in [2.45, 2.75) is 57.5 Å². The maximum atomic E-state index is 14.0. The van der Waals surface area contributed by atoms with E-state index < -0.39 is 23.7 Å². The number of ether oxygens (including phenoxy) is 1. The molecule has 0 aromatic heterocycles. The number of halogens is 2. The first-order chi connectivity index (χ1) is 19.7. The lowest BCUT2D eigenvalue weighted by Crippen LogP contribution is -2.49. The van der Waals surface area contributed by atoms with Crippen LogP contribution in [0.5, 0.6) is 0 Å². The third kappa shape index (κ3) is 9.60. The highest BCUT2D eigenvalue weighted by Gasteiger charge is 2.34. The molecular weight excluding hydrogens is 530 g/mol. The first-order valence-electron chi connectivity index (χ1n) is 14.3. The summed E-state index contributed by atoms with van der Waals surface area (Å²) in [5.74, 6) is -2.59. The molecule has 0 radical (unpaired) electrons. The number of benzene rings is 1. The van der Waals surface area contributed by atoms with Crippen LogP contribution in [-0.4, -0.2) is 79.5 Å². The van der Waals surface area contributed by atoms with Gasteiger partial charge in [-0.25, -0.2) is 8.78 Å². The van der Waals surface area contributed by atoms with Crippen LogP contribution in [0.1, 0.15) is 62.6 Å². The molecule has 2 atom stereocenters. The number of nitrogens with one attached hydrogen (secondary N) is 2. The molecule has 8 nitrogen and oxygen atoms in total. The molecule has 1 aromatic rings. The predicted molar refractivity (Wildman–Crippen MR) is 155 cm³/mol. The highest BCUT2D eigenvalue weighted by Crippen LogP contribution is 2.29. The van der Waals surface area contributed by atoms with Crippen molar-refractivity contribution < 1.29 is 27.9 Å². The summed E-state index contributed by atoms with van der Waals surface area (Å²) in [5, 5.41) is 5.56. The molecule has 0 spiro atoms. The minimum Gasteiger partial charge on any atom is -0.381 e. The van der Waals surface area contributed by atoms with Gasteiger partial charge in [0.1, 0.15) is 17.7 Å². The Bertz CT molecular complexity index is 1120. The number of allylic oxidation sites excluding steroid dienone is 4. The number of carbonyl (C=O) groups is 3. The molecule has 0 saturated carbocycles. The van der Waals surface area contributed by atoms with Crippen molar-refractivity contribution in [3.05, 3.63) is 66.3 Å². The third-order valence-electron chi connectivity index (χ3n) is 7.50. The second-order valence-electron chi connectivity index (χ2n) is 10.5. The molecular formula is C31H42F2N4O4. The van der Waals surface area contributed by atoms with Crippen LogP contribution in [-0.2, 0) is 19.1 Å². The van der Waals surface area contributed by atoms with E-state index in [4.69, 9.17) is 4.74 Å². The summed E-state index contributed by atoms with van der Waals surface area (Å²) in [6, 6.07) is 5.40. The van der Waals surface area contributed by atoms with Crippen LogP contribution < -0.4 is 10.6 Å². The van der Waals surface area contributed by atoms with E-state index >= 15 is 0 Å². The molecule has 1 aromatic carbocycles. The van der Waals surface area contributed by atoms with Crippen molar-refractivity contribution in [2.24, 2.45) is 0 Å². The fourth-order valence-electron chi connectivity index (χ4n) is 5.22. The molecule has 10 heteroatoms. The number of carbonyl (C=O) groups excluding carboxylic acids is 3. The number of hydrogen-bond donors (Lipinski definition) is 2. The largest absolute Gasteiger partial charge is 0.381 e. The van der Waals surface area contributed by atoms with Crippen LogP contribution in [0, 0.1) is 0 Å². The highest BCUT2D eigenvalue weighted by atomic mass is 19.1. The summed E-state index contributed by atoms with van der Waals surface area (Å²) in [4.78, 5) is 42.0. The molecule has 0 bridgehead atoms. The van der Waals surface area contributed by atoms with E-state index in [1.54, 1.807) is 31.2 Å². The molecule has 3 amide bonds. The minimum absolute atomic E-state index is 0.175. The topological polar surface area (TPSA) is 91.0 Å². The van der Waals surface area contributed by atoms with E-state index in [2.05, 4.69) is 28.7 Å². The lowest BCUT2D eigenvalue weighted by Gasteiger charge is -2.26. The van der Waals surface area contributed by atoms with Crippen molar-refractivity contribution in [2.75, 3.05) is 45.9 Å². The second kappa shape index (κ2) is 16.2. The molecule has 2 unspecified atom stereocenters. The van der Waals surface area contributed by atoms with Crippen molar-refractivity contribution in [1.29, 1.82) is 0 Å². The quantitative estimate of drug-likeness (QED) is 0.243. The fourth-order valence-corrected chi connectivity index (χ4v) is 5.22. The van der Waals surface area contributed by atoms with E-state index in [0.29, 0.717) is 38.2 Å². The summed E-state index contributed by atoms with van der Waals surface area (Å²) in [6.45, 7) is 12.8. The van der Waals surface area contributed by atoms with Gasteiger partial charge in [0.05, 0.1) is 24.8 Å². The van der Waals surface area contributed by atoms with Gasteiger partial charge in [0.2, 0.25) is 17.7 Å². The van der Waals surface area contributed by atoms with Crippen molar-refractivity contribution in [1.82, 2.24) is 20.4 Å². The Labute approximate surface area is 241 Å². The van der Waals surface area contributed by atoms with E-state index in [9.17, 15) is 23.2 Å². The van der Waals surface area contributed by atoms with E-state index in [0.717, 1.165) is 37.7 Å². The molecule has 2 fully saturated rings. The lowest BCUT2D eigenvalue weighted by molar-refractivity contribution is -0.139. The molecule has 3 rings (SSSR count). The summed E-state index contributed by atoms with van der Waals surface area (Å²) in [5.41, 5.74) is 0.762. The summed E-state index contributed by atoms with van der Waals surface area (Å²) in [6.07, 6.45) is 5.76. The summed E-state index contributed by atoms with van der Waals surface area (Å²) < 4.78 is 33.4. The Morgan fingerprint density at radius 3 is 2.46 bits per heavy atom. The number of likely N-dealkylation sites (tertiary alicyclic amines) is 2. The summed E-state index contributed by atoms with van der Waals surface area (Å²) >= 11 is 0. The monoisotopic (exact) mass is 572 g/mol. The van der Waals surface area contributed by atoms with Gasteiger partial charge in [-0.1, -0.05) is 37.4 Å². The normalized spacial score (nSPS) is 18.5. The minimum atomic E-state index is -0.907. The molecule has 41 heavy (non-hydrogen) atoms. The van der Waals surface area contributed by atoms with Gasteiger partial charge in [-0.05, 0) is 69.3 Å². The Kier molecular flexibility index (Phi) is 12.7. The first-order valence-corrected chi connectivity index (χ1v) is 14.3. The van der Waals surface area contributed by atoms with Gasteiger partial charge in [-0.2, -0.15) is 0 Å². The van der Waals surface area contributed by atoms with Gasteiger partial charge in [0.15, 0.2) is 0 Å². The zero-order valence-electron chi connectivity index (χ0n) is 23.9. The van der Waals surface area contributed by atoms with Crippen LogP contribution in [0.15, 0.2) is 55.2 Å². The fraction of sp³-hybridized carbons (Fsp3) is 0.516. The third-order valence-corrected chi connectivity index (χ3v) is 7.50. The van der Waals surface area contributed by atoms with Crippen LogP contribution >= 0.6 is 0 Å². The molecule has 2 N–H and O–H groups in total. The van der Waals surface area contributed by atoms with E-state index in [-0.39, 0.29) is 36.3 Å². The smallest absolute Gasteiger partial charge is 0.243 e. The average Bonchev–Trinajstić information content (AvgIpc) is 3.66. The molecule has 0 aliphatic carbocycles. The van der Waals surface area contributed by atoms with Crippen molar-refractivity contribution >= 4 is 23.3 Å². The molecule has 2 heterocycles. The first kappa shape index (κ1) is 32.1. The van der Waals surface area contributed by atoms with E-state index in [1.807, 2.05) is 0 Å². The Morgan fingerprint density at radius 1 is 1.10 bits per heavy atom. The number of rotatable bonds is 15. The average molecular weight is 573 g/mol. The maximum Gasteiger partial charge on any atom is 0.243 e. The number of nitrogens with zero attached hydrogens (tertiary/aromatic N) is 2.